The highest BCUT2D eigenvalue weighted by Crippen LogP contribution is 2.05. The number of nitrogens with one attached hydrogen (secondary N) is 4. The van der Waals surface area contributed by atoms with Crippen molar-refractivity contribution in [1.82, 2.24) is 25.9 Å². The van der Waals surface area contributed by atoms with E-state index in [1.807, 2.05) is 0 Å². The summed E-state index contributed by atoms with van der Waals surface area (Å²) in [4.78, 5) is 54.2. The van der Waals surface area contributed by atoms with E-state index >= 15 is 0 Å². The first-order valence-corrected chi connectivity index (χ1v) is 9.22. The molecular formula is C16H26N6O5S. The highest BCUT2D eigenvalue weighted by molar-refractivity contribution is 7.80. The van der Waals surface area contributed by atoms with E-state index in [0.717, 1.165) is 0 Å². The fourth-order valence-corrected chi connectivity index (χ4v) is 2.38. The van der Waals surface area contributed by atoms with Gasteiger partial charge in [-0.25, -0.2) is 9.78 Å². The van der Waals surface area contributed by atoms with E-state index in [9.17, 15) is 24.3 Å². The molecule has 0 bridgehead atoms. The summed E-state index contributed by atoms with van der Waals surface area (Å²) in [5.74, 6) is -3.20. The molecule has 0 aliphatic carbocycles. The fourth-order valence-electron chi connectivity index (χ4n) is 2.22. The molecule has 3 amide bonds. The molecule has 28 heavy (non-hydrogen) atoms. The van der Waals surface area contributed by atoms with Gasteiger partial charge in [-0.3, -0.25) is 14.4 Å². The number of hydrogen-bond acceptors (Lipinski definition) is 7. The monoisotopic (exact) mass is 414 g/mol. The summed E-state index contributed by atoms with van der Waals surface area (Å²) in [6, 6.07) is -3.02. The Balaban J connectivity index is 2.67. The maximum Gasteiger partial charge on any atom is 0.326 e. The maximum absolute atomic E-state index is 12.5. The number of thiol groups is 1. The molecule has 1 heterocycles. The van der Waals surface area contributed by atoms with Crippen molar-refractivity contribution in [2.75, 3.05) is 12.3 Å². The molecule has 12 heteroatoms. The van der Waals surface area contributed by atoms with Crippen LogP contribution in [0.25, 0.3) is 0 Å². The number of carbonyl (C=O) groups excluding carboxylic acids is 3. The smallest absolute Gasteiger partial charge is 0.326 e. The van der Waals surface area contributed by atoms with Crippen molar-refractivity contribution in [3.8, 4) is 0 Å². The molecule has 0 radical (unpaired) electrons. The van der Waals surface area contributed by atoms with Crippen LogP contribution in [0.1, 0.15) is 19.5 Å². The van der Waals surface area contributed by atoms with Crippen LogP contribution in [-0.4, -0.2) is 69.2 Å². The Morgan fingerprint density at radius 3 is 2.43 bits per heavy atom. The number of aromatic amines is 1. The summed E-state index contributed by atoms with van der Waals surface area (Å²) in [5, 5.41) is 16.6. The van der Waals surface area contributed by atoms with Crippen molar-refractivity contribution < 1.29 is 24.3 Å². The van der Waals surface area contributed by atoms with Crippen LogP contribution in [0.3, 0.4) is 0 Å². The maximum atomic E-state index is 12.5. The van der Waals surface area contributed by atoms with Crippen LogP contribution in [0.4, 0.5) is 0 Å². The molecule has 3 atom stereocenters. The first kappa shape index (κ1) is 23.4. The number of amides is 3. The van der Waals surface area contributed by atoms with Gasteiger partial charge in [-0.2, -0.15) is 12.6 Å². The van der Waals surface area contributed by atoms with E-state index in [2.05, 4.69) is 38.5 Å². The lowest BCUT2D eigenvalue weighted by Gasteiger charge is -2.24. The van der Waals surface area contributed by atoms with E-state index in [-0.39, 0.29) is 24.6 Å². The third-order valence-electron chi connectivity index (χ3n) is 3.82. The number of carbonyl (C=O) groups is 4. The van der Waals surface area contributed by atoms with Gasteiger partial charge >= 0.3 is 5.97 Å². The Hall–Kier alpha value is -2.60. The third-order valence-corrected chi connectivity index (χ3v) is 4.21. The van der Waals surface area contributed by atoms with E-state index in [0.29, 0.717) is 5.69 Å². The van der Waals surface area contributed by atoms with Gasteiger partial charge in [0.1, 0.15) is 12.1 Å². The van der Waals surface area contributed by atoms with Gasteiger partial charge < -0.3 is 31.8 Å². The van der Waals surface area contributed by atoms with Crippen molar-refractivity contribution in [3.63, 3.8) is 0 Å². The lowest BCUT2D eigenvalue weighted by Crippen LogP contribution is -2.56. The van der Waals surface area contributed by atoms with Crippen LogP contribution in [-0.2, 0) is 25.6 Å². The molecule has 7 N–H and O–H groups in total. The lowest BCUT2D eigenvalue weighted by molar-refractivity contribution is -0.142. The number of H-pyrrole nitrogens is 1. The molecule has 156 valence electrons. The average molecular weight is 414 g/mol. The summed E-state index contributed by atoms with van der Waals surface area (Å²) < 4.78 is 0. The van der Waals surface area contributed by atoms with Gasteiger partial charge in [0.2, 0.25) is 17.7 Å². The Bertz CT molecular complexity index is 681. The predicted octanol–water partition coefficient (Wildman–Crippen LogP) is -1.96. The van der Waals surface area contributed by atoms with Crippen molar-refractivity contribution in [2.45, 2.75) is 38.4 Å². The Morgan fingerprint density at radius 2 is 1.93 bits per heavy atom. The third kappa shape index (κ3) is 7.56. The molecule has 0 saturated heterocycles. The second-order valence-electron chi connectivity index (χ2n) is 6.48. The molecule has 11 nitrogen and oxygen atoms in total. The lowest BCUT2D eigenvalue weighted by atomic mass is 10.0. The normalized spacial score (nSPS) is 14.0. The molecule has 0 aliphatic heterocycles. The minimum atomic E-state index is -1.22. The Labute approximate surface area is 167 Å². The zero-order valence-electron chi connectivity index (χ0n) is 15.6. The number of hydrogen-bond donors (Lipinski definition) is 7. The number of aromatic nitrogens is 2. The largest absolute Gasteiger partial charge is 0.480 e. The number of aliphatic carboxylic acids is 1. The van der Waals surface area contributed by atoms with Crippen LogP contribution in [0.2, 0.25) is 0 Å². The topological polar surface area (TPSA) is 179 Å². The predicted molar refractivity (Wildman–Crippen MR) is 103 cm³/mol. The van der Waals surface area contributed by atoms with Crippen LogP contribution < -0.4 is 21.7 Å². The first-order valence-electron chi connectivity index (χ1n) is 8.59. The van der Waals surface area contributed by atoms with Crippen molar-refractivity contribution in [3.05, 3.63) is 18.2 Å². The molecule has 3 unspecified atom stereocenters. The highest BCUT2D eigenvalue weighted by Gasteiger charge is 2.29. The second-order valence-corrected chi connectivity index (χ2v) is 6.84. The standard InChI is InChI=1S/C16H26N6O5S/c1-8(2)13(22-12(23)5-19-14(24)10(17)6-28)15(25)21-11(16(26)27)3-9-4-18-7-20-9/h4,7-8,10-11,13,28H,3,5-6,17H2,1-2H3,(H,18,20)(H,19,24)(H,21,25)(H,22,23)(H,26,27). The number of imidazole rings is 1. The molecule has 0 saturated carbocycles. The van der Waals surface area contributed by atoms with Gasteiger partial charge in [0, 0.05) is 24.1 Å². The van der Waals surface area contributed by atoms with Crippen molar-refractivity contribution >= 4 is 36.3 Å². The molecule has 1 aromatic rings. The molecule has 0 aliphatic rings. The van der Waals surface area contributed by atoms with Gasteiger partial charge in [0.25, 0.3) is 0 Å². The van der Waals surface area contributed by atoms with Crippen molar-refractivity contribution in [2.24, 2.45) is 11.7 Å². The second kappa shape index (κ2) is 11.3. The van der Waals surface area contributed by atoms with Crippen molar-refractivity contribution in [1.29, 1.82) is 0 Å². The summed E-state index contributed by atoms with van der Waals surface area (Å²) in [6.07, 6.45) is 2.88. The van der Waals surface area contributed by atoms with Gasteiger partial charge in [-0.1, -0.05) is 13.8 Å². The molecule has 1 aromatic heterocycles. The van der Waals surface area contributed by atoms with Crippen LogP contribution >= 0.6 is 12.6 Å². The minimum absolute atomic E-state index is 0.0114. The first-order chi connectivity index (χ1) is 13.1. The van der Waals surface area contributed by atoms with Gasteiger partial charge in [0.05, 0.1) is 18.9 Å². The molecular weight excluding hydrogens is 388 g/mol. The van der Waals surface area contributed by atoms with Gasteiger partial charge in [-0.15, -0.1) is 0 Å². The SMILES string of the molecule is CC(C)C(NC(=O)CNC(=O)C(N)CS)C(=O)NC(Cc1cnc[nH]1)C(=O)O. The number of rotatable bonds is 11. The van der Waals surface area contributed by atoms with Gasteiger partial charge in [-0.05, 0) is 5.92 Å². The zero-order valence-corrected chi connectivity index (χ0v) is 16.5. The van der Waals surface area contributed by atoms with E-state index in [4.69, 9.17) is 5.73 Å². The molecule has 0 fully saturated rings. The van der Waals surface area contributed by atoms with Crippen LogP contribution in [0, 0.1) is 5.92 Å². The average Bonchev–Trinajstić information content (AvgIpc) is 3.15. The summed E-state index contributed by atoms with van der Waals surface area (Å²) in [7, 11) is 0. The molecule has 1 rings (SSSR count). The van der Waals surface area contributed by atoms with Crippen LogP contribution in [0.5, 0.6) is 0 Å². The van der Waals surface area contributed by atoms with E-state index in [1.165, 1.54) is 12.5 Å². The van der Waals surface area contributed by atoms with Crippen LogP contribution in [0.15, 0.2) is 12.5 Å². The summed E-state index contributed by atoms with van der Waals surface area (Å²) in [6.45, 7) is 3.03. The Kier molecular flexibility index (Phi) is 9.45. The van der Waals surface area contributed by atoms with E-state index in [1.54, 1.807) is 13.8 Å². The minimum Gasteiger partial charge on any atom is -0.480 e. The highest BCUT2D eigenvalue weighted by atomic mass is 32.1. The van der Waals surface area contributed by atoms with Gasteiger partial charge in [0.15, 0.2) is 0 Å². The molecule has 0 aromatic carbocycles. The number of carboxylic acid groups (broad SMARTS) is 1. The number of nitrogens with two attached hydrogens (primary N) is 1. The Morgan fingerprint density at radius 1 is 1.25 bits per heavy atom. The number of carboxylic acids is 1. The quantitative estimate of drug-likeness (QED) is 0.205. The summed E-state index contributed by atoms with van der Waals surface area (Å²) in [5.41, 5.74) is 6.03. The fraction of sp³-hybridized carbons (Fsp3) is 0.562. The molecule has 0 spiro atoms. The zero-order chi connectivity index (χ0) is 21.3. The van der Waals surface area contributed by atoms with E-state index < -0.39 is 41.8 Å². The number of nitrogens with zero attached hydrogens (tertiary/aromatic N) is 1. The summed E-state index contributed by atoms with van der Waals surface area (Å²) >= 11 is 3.89.